The van der Waals surface area contributed by atoms with E-state index in [-0.39, 0.29) is 30.7 Å². The maximum absolute atomic E-state index is 12.2. The zero-order valence-corrected chi connectivity index (χ0v) is 16.7. The molecule has 0 radical (unpaired) electrons. The fraction of sp³-hybridized carbons (Fsp3) is 0.273. The van der Waals surface area contributed by atoms with E-state index in [1.54, 1.807) is 36.4 Å². The maximum Gasteiger partial charge on any atom is 0.260 e. The third-order valence-electron chi connectivity index (χ3n) is 4.58. The normalized spacial score (nSPS) is 14.5. The fourth-order valence-corrected chi connectivity index (χ4v) is 2.84. The largest absolute Gasteiger partial charge is 0.484 e. The Labute approximate surface area is 172 Å². The van der Waals surface area contributed by atoms with Crippen LogP contribution in [0.15, 0.2) is 60.7 Å². The zero-order valence-electron chi connectivity index (χ0n) is 15.9. The van der Waals surface area contributed by atoms with Crippen molar-refractivity contribution in [3.05, 3.63) is 71.8 Å². The van der Waals surface area contributed by atoms with Crippen LogP contribution in [0.5, 0.6) is 5.75 Å². The van der Waals surface area contributed by atoms with Crippen LogP contribution in [0, 0.1) is 0 Å². The molecule has 0 N–H and O–H groups in total. The number of allylic oxidation sites excluding steroid dienone is 1. The Morgan fingerprint density at radius 2 is 1.61 bits per heavy atom. The van der Waals surface area contributed by atoms with Gasteiger partial charge in [0.25, 0.3) is 5.91 Å². The molecule has 148 valence electrons. The lowest BCUT2D eigenvalue weighted by molar-refractivity contribution is -0.134. The summed E-state index contributed by atoms with van der Waals surface area (Å²) in [5.41, 5.74) is 1.56. The summed E-state index contributed by atoms with van der Waals surface area (Å²) in [6, 6.07) is 16.6. The lowest BCUT2D eigenvalue weighted by atomic mass is 10.1. The summed E-state index contributed by atoms with van der Waals surface area (Å²) in [7, 11) is 2.05. The molecule has 0 aliphatic carbocycles. The minimum Gasteiger partial charge on any atom is -0.484 e. The maximum atomic E-state index is 12.2. The Hall–Kier alpha value is -2.63. The summed E-state index contributed by atoms with van der Waals surface area (Å²) in [4.78, 5) is 28.5. The topological polar surface area (TPSA) is 49.9 Å². The highest BCUT2D eigenvalue weighted by atomic mass is 35.5. The Morgan fingerprint density at radius 3 is 2.25 bits per heavy atom. The molecule has 5 nitrogen and oxygen atoms in total. The summed E-state index contributed by atoms with van der Waals surface area (Å²) in [5.74, 6) is 0.508. The number of halogens is 1. The van der Waals surface area contributed by atoms with Crippen molar-refractivity contribution in [1.82, 2.24) is 9.80 Å². The summed E-state index contributed by atoms with van der Waals surface area (Å²) in [5, 5.41) is 0. The molecule has 3 rings (SSSR count). The molecule has 1 saturated heterocycles. The van der Waals surface area contributed by atoms with E-state index >= 15 is 0 Å². The predicted molar refractivity (Wildman–Crippen MR) is 113 cm³/mol. The minimum atomic E-state index is -0.0704. The summed E-state index contributed by atoms with van der Waals surface area (Å²) < 4.78 is 5.58. The van der Waals surface area contributed by atoms with Gasteiger partial charge in [0.1, 0.15) is 5.75 Å². The number of carbonyl (C=O) groups is 2. The first-order valence-electron chi connectivity index (χ1n) is 9.08. The molecule has 6 heteroatoms. The smallest absolute Gasteiger partial charge is 0.260 e. The molecule has 0 atom stereocenters. The van der Waals surface area contributed by atoms with Crippen molar-refractivity contribution >= 4 is 30.2 Å². The van der Waals surface area contributed by atoms with Gasteiger partial charge in [-0.15, -0.1) is 12.4 Å². The first kappa shape index (κ1) is 21.7. The zero-order chi connectivity index (χ0) is 19.1. The van der Waals surface area contributed by atoms with E-state index in [0.717, 1.165) is 31.7 Å². The highest BCUT2D eigenvalue weighted by Gasteiger charge is 2.19. The van der Waals surface area contributed by atoms with Crippen LogP contribution >= 0.6 is 12.4 Å². The molecule has 0 aromatic heterocycles. The molecule has 0 saturated carbocycles. The molecule has 0 unspecified atom stereocenters. The molecule has 1 fully saturated rings. The first-order chi connectivity index (χ1) is 13.1. The van der Waals surface area contributed by atoms with Gasteiger partial charge in [0.2, 0.25) is 0 Å². The Kier molecular flexibility index (Phi) is 8.23. The molecule has 0 spiro atoms. The van der Waals surface area contributed by atoms with Crippen molar-refractivity contribution in [2.75, 3.05) is 39.8 Å². The van der Waals surface area contributed by atoms with E-state index in [1.807, 2.05) is 35.2 Å². The molecular weight excluding hydrogens is 376 g/mol. The van der Waals surface area contributed by atoms with Gasteiger partial charge < -0.3 is 14.5 Å². The number of benzene rings is 2. The number of ether oxygens (including phenoxy) is 1. The second kappa shape index (κ2) is 10.6. The quantitative estimate of drug-likeness (QED) is 0.552. The predicted octanol–water partition coefficient (Wildman–Crippen LogP) is 3.16. The van der Waals surface area contributed by atoms with Gasteiger partial charge in [-0.05, 0) is 43.0 Å². The number of piperazine rings is 1. The van der Waals surface area contributed by atoms with Crippen LogP contribution in [-0.2, 0) is 4.79 Å². The van der Waals surface area contributed by atoms with Gasteiger partial charge in [0.05, 0.1) is 0 Å². The second-order valence-electron chi connectivity index (χ2n) is 6.61. The lowest BCUT2D eigenvalue weighted by Crippen LogP contribution is -2.48. The number of rotatable bonds is 6. The van der Waals surface area contributed by atoms with Gasteiger partial charge in [-0.1, -0.05) is 36.4 Å². The van der Waals surface area contributed by atoms with Gasteiger partial charge in [0.15, 0.2) is 12.4 Å². The van der Waals surface area contributed by atoms with Crippen LogP contribution in [-0.4, -0.2) is 61.3 Å². The number of hydrogen-bond acceptors (Lipinski definition) is 4. The molecule has 1 aliphatic heterocycles. The third kappa shape index (κ3) is 6.22. The van der Waals surface area contributed by atoms with Gasteiger partial charge in [0, 0.05) is 31.7 Å². The van der Waals surface area contributed by atoms with Crippen molar-refractivity contribution in [2.24, 2.45) is 0 Å². The average molecular weight is 401 g/mol. The van der Waals surface area contributed by atoms with Crippen LogP contribution in [0.2, 0.25) is 0 Å². The van der Waals surface area contributed by atoms with Crippen molar-refractivity contribution in [3.63, 3.8) is 0 Å². The number of ketones is 1. The third-order valence-corrected chi connectivity index (χ3v) is 4.58. The molecule has 2 aromatic rings. The van der Waals surface area contributed by atoms with Gasteiger partial charge in [-0.2, -0.15) is 0 Å². The number of carbonyl (C=O) groups excluding carboxylic acids is 2. The number of amides is 1. The van der Waals surface area contributed by atoms with Crippen molar-refractivity contribution in [1.29, 1.82) is 0 Å². The Bertz CT molecular complexity index is 798. The van der Waals surface area contributed by atoms with E-state index in [2.05, 4.69) is 11.9 Å². The van der Waals surface area contributed by atoms with E-state index in [0.29, 0.717) is 11.3 Å². The number of hydrogen-bond donors (Lipinski definition) is 0. The molecule has 1 heterocycles. The van der Waals surface area contributed by atoms with Crippen LogP contribution < -0.4 is 4.74 Å². The van der Waals surface area contributed by atoms with E-state index in [9.17, 15) is 9.59 Å². The van der Waals surface area contributed by atoms with Gasteiger partial charge in [-0.25, -0.2) is 0 Å². The Balaban J connectivity index is 0.00000280. The number of likely N-dealkylation sites (N-methyl/N-ethyl adjacent to an activating group) is 1. The van der Waals surface area contributed by atoms with E-state index in [4.69, 9.17) is 4.74 Å². The molecule has 1 aliphatic rings. The van der Waals surface area contributed by atoms with E-state index < -0.39 is 0 Å². The summed E-state index contributed by atoms with van der Waals surface area (Å²) >= 11 is 0. The van der Waals surface area contributed by atoms with Crippen LogP contribution in [0.3, 0.4) is 0 Å². The average Bonchev–Trinajstić information content (AvgIpc) is 2.72. The van der Waals surface area contributed by atoms with Gasteiger partial charge >= 0.3 is 0 Å². The molecular formula is C22H25ClN2O3. The molecule has 28 heavy (non-hydrogen) atoms. The lowest BCUT2D eigenvalue weighted by Gasteiger charge is -2.32. The molecule has 2 aromatic carbocycles. The second-order valence-corrected chi connectivity index (χ2v) is 6.61. The summed E-state index contributed by atoms with van der Waals surface area (Å²) in [6.45, 7) is 3.27. The van der Waals surface area contributed by atoms with Crippen molar-refractivity contribution in [3.8, 4) is 5.75 Å². The highest BCUT2D eigenvalue weighted by molar-refractivity contribution is 6.06. The summed E-state index contributed by atoms with van der Waals surface area (Å²) in [6.07, 6.45) is 3.35. The standard InChI is InChI=1S/C22H24N2O3.ClH/c1-23-13-15-24(16-14-23)22(26)17-27-20-10-8-19(9-11-20)21(25)12-7-18-5-3-2-4-6-18;/h2-12H,13-17H2,1H3;1H/b12-7+;. The fourth-order valence-electron chi connectivity index (χ4n) is 2.84. The molecule has 1 amide bonds. The Morgan fingerprint density at radius 1 is 0.964 bits per heavy atom. The van der Waals surface area contributed by atoms with Gasteiger partial charge in [-0.3, -0.25) is 9.59 Å². The van der Waals surface area contributed by atoms with Crippen molar-refractivity contribution < 1.29 is 14.3 Å². The SMILES string of the molecule is CN1CCN(C(=O)COc2ccc(C(=O)/C=C/c3ccccc3)cc2)CC1.Cl. The van der Waals surface area contributed by atoms with E-state index in [1.165, 1.54) is 0 Å². The molecule has 0 bridgehead atoms. The van der Waals surface area contributed by atoms with Crippen LogP contribution in [0.1, 0.15) is 15.9 Å². The van der Waals surface area contributed by atoms with Crippen LogP contribution in [0.25, 0.3) is 6.08 Å². The van der Waals surface area contributed by atoms with Crippen LogP contribution in [0.4, 0.5) is 0 Å². The first-order valence-corrected chi connectivity index (χ1v) is 9.08. The van der Waals surface area contributed by atoms with Crippen molar-refractivity contribution in [2.45, 2.75) is 0 Å². The minimum absolute atomic E-state index is 0. The monoisotopic (exact) mass is 400 g/mol. The highest BCUT2D eigenvalue weighted by Crippen LogP contribution is 2.14. The number of nitrogens with zero attached hydrogens (tertiary/aromatic N) is 2.